The Morgan fingerprint density at radius 2 is 2.57 bits per heavy atom. The lowest BCUT2D eigenvalue weighted by atomic mass is 10.2. The quantitative estimate of drug-likeness (QED) is 0.782. The molecule has 0 saturated carbocycles. The number of pyridine rings is 1. The summed E-state index contributed by atoms with van der Waals surface area (Å²) in [6.07, 6.45) is 6.15. The summed E-state index contributed by atoms with van der Waals surface area (Å²) in [7, 11) is 0. The molecular weight excluding hydrogens is 176 g/mol. The maximum atomic E-state index is 5.60. The Hall–Kier alpha value is -0.930. The van der Waals surface area contributed by atoms with E-state index in [9.17, 15) is 0 Å². The third-order valence-electron chi connectivity index (χ3n) is 2.47. The van der Waals surface area contributed by atoms with Crippen LogP contribution in [0.25, 0.3) is 0 Å². The highest BCUT2D eigenvalue weighted by atomic mass is 16.5. The van der Waals surface area contributed by atoms with E-state index in [-0.39, 0.29) is 0 Å². The van der Waals surface area contributed by atoms with E-state index < -0.39 is 0 Å². The average molecular weight is 192 g/mol. The van der Waals surface area contributed by atoms with Gasteiger partial charge in [0.25, 0.3) is 0 Å². The molecule has 3 heteroatoms. The Labute approximate surface area is 84.5 Å². The van der Waals surface area contributed by atoms with E-state index in [2.05, 4.69) is 10.3 Å². The van der Waals surface area contributed by atoms with E-state index in [1.54, 1.807) is 6.20 Å². The molecule has 0 bridgehead atoms. The van der Waals surface area contributed by atoms with Crippen molar-refractivity contribution in [3.63, 3.8) is 0 Å². The second kappa shape index (κ2) is 5.08. The molecule has 1 aliphatic rings. The van der Waals surface area contributed by atoms with Crippen molar-refractivity contribution in [2.45, 2.75) is 25.5 Å². The van der Waals surface area contributed by atoms with Crippen LogP contribution in [0.2, 0.25) is 0 Å². The van der Waals surface area contributed by atoms with Gasteiger partial charge in [0.1, 0.15) is 0 Å². The zero-order chi connectivity index (χ0) is 9.64. The first-order valence-electron chi connectivity index (χ1n) is 5.15. The Balaban J connectivity index is 1.67. The maximum absolute atomic E-state index is 5.60. The van der Waals surface area contributed by atoms with Gasteiger partial charge in [0.2, 0.25) is 0 Å². The molecule has 1 unspecified atom stereocenters. The van der Waals surface area contributed by atoms with Crippen LogP contribution >= 0.6 is 0 Å². The summed E-state index contributed by atoms with van der Waals surface area (Å²) < 4.78 is 5.60. The van der Waals surface area contributed by atoms with Crippen LogP contribution in [0.3, 0.4) is 0 Å². The van der Waals surface area contributed by atoms with Gasteiger partial charge in [-0.3, -0.25) is 4.98 Å². The van der Waals surface area contributed by atoms with Gasteiger partial charge in [0.15, 0.2) is 0 Å². The summed E-state index contributed by atoms with van der Waals surface area (Å²) in [4.78, 5) is 4.04. The predicted molar refractivity (Wildman–Crippen MR) is 54.9 cm³/mol. The molecule has 0 spiro atoms. The van der Waals surface area contributed by atoms with Gasteiger partial charge < -0.3 is 10.1 Å². The van der Waals surface area contributed by atoms with Crippen LogP contribution in [0, 0.1) is 0 Å². The molecule has 1 atom stereocenters. The monoisotopic (exact) mass is 192 g/mol. The molecule has 2 heterocycles. The number of ether oxygens (including phenoxy) is 1. The molecule has 0 radical (unpaired) electrons. The minimum Gasteiger partial charge on any atom is -0.375 e. The van der Waals surface area contributed by atoms with E-state index in [1.165, 1.54) is 12.8 Å². The highest BCUT2D eigenvalue weighted by Crippen LogP contribution is 2.06. The fraction of sp³-hybridized carbons (Fsp3) is 0.545. The molecule has 1 aromatic rings. The third kappa shape index (κ3) is 2.79. The Morgan fingerprint density at radius 3 is 3.29 bits per heavy atom. The van der Waals surface area contributed by atoms with Crippen molar-refractivity contribution >= 4 is 0 Å². The molecular formula is C11H16N2O. The highest BCUT2D eigenvalue weighted by molar-refractivity contribution is 5.06. The van der Waals surface area contributed by atoms with Crippen molar-refractivity contribution in [1.82, 2.24) is 10.3 Å². The van der Waals surface area contributed by atoms with Gasteiger partial charge in [-0.2, -0.15) is 0 Å². The highest BCUT2D eigenvalue weighted by Gasteiger charge is 2.13. The normalized spacial score (nSPS) is 21.3. The zero-order valence-electron chi connectivity index (χ0n) is 8.28. The van der Waals surface area contributed by atoms with Crippen LogP contribution in [0.4, 0.5) is 0 Å². The summed E-state index contributed by atoms with van der Waals surface area (Å²) in [5.74, 6) is 0. The Morgan fingerprint density at radius 1 is 1.57 bits per heavy atom. The standard InChI is InChI=1S/C11H16N2O/c1-3-10(7-12-5-1)8-14-9-11-4-2-6-13-11/h1,3,5,7,11,13H,2,4,6,8-9H2. The van der Waals surface area contributed by atoms with Gasteiger partial charge in [0.05, 0.1) is 13.2 Å². The Bertz CT molecular complexity index is 257. The van der Waals surface area contributed by atoms with Gasteiger partial charge in [0, 0.05) is 18.4 Å². The SMILES string of the molecule is c1cncc(COCC2CCCN2)c1. The van der Waals surface area contributed by atoms with E-state index in [4.69, 9.17) is 4.74 Å². The molecule has 14 heavy (non-hydrogen) atoms. The minimum absolute atomic E-state index is 0.562. The predicted octanol–water partition coefficient (Wildman–Crippen LogP) is 1.35. The number of hydrogen-bond donors (Lipinski definition) is 1. The number of rotatable bonds is 4. The second-order valence-corrected chi connectivity index (χ2v) is 3.67. The van der Waals surface area contributed by atoms with Crippen molar-refractivity contribution in [1.29, 1.82) is 0 Å². The lowest BCUT2D eigenvalue weighted by molar-refractivity contribution is 0.103. The summed E-state index contributed by atoms with van der Waals surface area (Å²) in [5.41, 5.74) is 1.14. The molecule has 3 nitrogen and oxygen atoms in total. The molecule has 1 N–H and O–H groups in total. The number of aromatic nitrogens is 1. The van der Waals surface area contributed by atoms with Gasteiger partial charge in [-0.1, -0.05) is 6.07 Å². The smallest absolute Gasteiger partial charge is 0.0732 e. The molecule has 1 fully saturated rings. The van der Waals surface area contributed by atoms with Crippen LogP contribution in [0.15, 0.2) is 24.5 Å². The van der Waals surface area contributed by atoms with Crippen molar-refractivity contribution in [3.05, 3.63) is 30.1 Å². The van der Waals surface area contributed by atoms with Crippen LogP contribution in [0.1, 0.15) is 18.4 Å². The lowest BCUT2D eigenvalue weighted by Crippen LogP contribution is -2.26. The second-order valence-electron chi connectivity index (χ2n) is 3.67. The van der Waals surface area contributed by atoms with Crippen molar-refractivity contribution in [2.24, 2.45) is 0 Å². The summed E-state index contributed by atoms with van der Waals surface area (Å²) in [6.45, 7) is 2.63. The van der Waals surface area contributed by atoms with E-state index in [0.29, 0.717) is 12.6 Å². The molecule has 1 aromatic heterocycles. The van der Waals surface area contributed by atoms with Gasteiger partial charge in [-0.15, -0.1) is 0 Å². The molecule has 0 amide bonds. The van der Waals surface area contributed by atoms with Crippen LogP contribution in [-0.4, -0.2) is 24.2 Å². The van der Waals surface area contributed by atoms with Crippen LogP contribution in [-0.2, 0) is 11.3 Å². The van der Waals surface area contributed by atoms with Gasteiger partial charge >= 0.3 is 0 Å². The molecule has 76 valence electrons. The number of nitrogens with zero attached hydrogens (tertiary/aromatic N) is 1. The molecule has 0 aromatic carbocycles. The summed E-state index contributed by atoms with van der Waals surface area (Å²) >= 11 is 0. The van der Waals surface area contributed by atoms with Crippen molar-refractivity contribution < 1.29 is 4.74 Å². The van der Waals surface area contributed by atoms with E-state index >= 15 is 0 Å². The molecule has 2 rings (SSSR count). The lowest BCUT2D eigenvalue weighted by Gasteiger charge is -2.10. The molecule has 1 saturated heterocycles. The maximum Gasteiger partial charge on any atom is 0.0732 e. The topological polar surface area (TPSA) is 34.1 Å². The van der Waals surface area contributed by atoms with E-state index in [0.717, 1.165) is 18.7 Å². The number of hydrogen-bond acceptors (Lipinski definition) is 3. The fourth-order valence-electron chi connectivity index (χ4n) is 1.70. The third-order valence-corrected chi connectivity index (χ3v) is 2.47. The first-order valence-corrected chi connectivity index (χ1v) is 5.15. The molecule has 0 aliphatic carbocycles. The van der Waals surface area contributed by atoms with E-state index in [1.807, 2.05) is 18.3 Å². The van der Waals surface area contributed by atoms with Crippen LogP contribution < -0.4 is 5.32 Å². The van der Waals surface area contributed by atoms with Gasteiger partial charge in [-0.25, -0.2) is 0 Å². The van der Waals surface area contributed by atoms with Crippen molar-refractivity contribution in [2.75, 3.05) is 13.2 Å². The number of nitrogens with one attached hydrogen (secondary N) is 1. The fourth-order valence-corrected chi connectivity index (χ4v) is 1.70. The average Bonchev–Trinajstić information content (AvgIpc) is 2.72. The largest absolute Gasteiger partial charge is 0.375 e. The van der Waals surface area contributed by atoms with Gasteiger partial charge in [-0.05, 0) is 31.0 Å². The summed E-state index contributed by atoms with van der Waals surface area (Å²) in [5, 5.41) is 3.40. The van der Waals surface area contributed by atoms with Crippen LogP contribution in [0.5, 0.6) is 0 Å². The summed E-state index contributed by atoms with van der Waals surface area (Å²) in [6, 6.07) is 4.54. The zero-order valence-corrected chi connectivity index (χ0v) is 8.28. The Kier molecular flexibility index (Phi) is 3.49. The first-order chi connectivity index (χ1) is 6.95. The molecule has 1 aliphatic heterocycles. The van der Waals surface area contributed by atoms with Crippen molar-refractivity contribution in [3.8, 4) is 0 Å². The minimum atomic E-state index is 0.562. The first kappa shape index (κ1) is 9.62.